The van der Waals surface area contributed by atoms with Gasteiger partial charge in [-0.3, -0.25) is 4.79 Å². The van der Waals surface area contributed by atoms with E-state index in [-0.39, 0.29) is 29.1 Å². The van der Waals surface area contributed by atoms with Gasteiger partial charge in [0.1, 0.15) is 5.82 Å². The number of benzene rings is 2. The number of thioether (sulfide) groups is 1. The van der Waals surface area contributed by atoms with Crippen molar-refractivity contribution in [2.24, 2.45) is 0 Å². The predicted molar refractivity (Wildman–Crippen MR) is 108 cm³/mol. The van der Waals surface area contributed by atoms with Gasteiger partial charge in [-0.05, 0) is 50.2 Å². The molecule has 1 fully saturated rings. The number of carbonyl (C=O) groups excluding carboxylic acids is 1. The first-order valence-electron chi connectivity index (χ1n) is 9.05. The van der Waals surface area contributed by atoms with Crippen LogP contribution in [0, 0.1) is 12.7 Å². The largest absolute Gasteiger partial charge is 0.339 e. The third kappa shape index (κ3) is 4.74. The molecule has 0 unspecified atom stereocenters. The molecule has 0 spiro atoms. The van der Waals surface area contributed by atoms with Crippen LogP contribution in [-0.2, 0) is 14.8 Å². The van der Waals surface area contributed by atoms with Gasteiger partial charge in [0.15, 0.2) is 0 Å². The Labute approximate surface area is 169 Å². The van der Waals surface area contributed by atoms with Gasteiger partial charge >= 0.3 is 0 Å². The summed E-state index contributed by atoms with van der Waals surface area (Å²) in [5, 5.41) is -0.247. The number of halogens is 1. The monoisotopic (exact) mass is 422 g/mol. The lowest BCUT2D eigenvalue weighted by atomic mass is 10.2. The van der Waals surface area contributed by atoms with Gasteiger partial charge in [-0.25, -0.2) is 12.8 Å². The summed E-state index contributed by atoms with van der Waals surface area (Å²) in [4.78, 5) is 15.5. The summed E-state index contributed by atoms with van der Waals surface area (Å²) in [6.45, 7) is 5.04. The second-order valence-electron chi connectivity index (χ2n) is 6.76. The summed E-state index contributed by atoms with van der Waals surface area (Å²) in [7, 11) is -3.68. The summed E-state index contributed by atoms with van der Waals surface area (Å²) in [5.41, 5.74) is 1.17. The highest BCUT2D eigenvalue weighted by Crippen LogP contribution is 2.26. The van der Waals surface area contributed by atoms with E-state index >= 15 is 0 Å². The highest BCUT2D eigenvalue weighted by Gasteiger charge is 2.31. The molecule has 150 valence electrons. The number of rotatable bonds is 5. The van der Waals surface area contributed by atoms with Crippen molar-refractivity contribution < 1.29 is 17.6 Å². The van der Waals surface area contributed by atoms with Crippen molar-refractivity contribution in [3.8, 4) is 0 Å². The maximum atomic E-state index is 13.1. The molecule has 28 heavy (non-hydrogen) atoms. The lowest BCUT2D eigenvalue weighted by Crippen LogP contribution is -2.52. The summed E-state index contributed by atoms with van der Waals surface area (Å²) in [6.07, 6.45) is 0. The van der Waals surface area contributed by atoms with Crippen LogP contribution in [0.5, 0.6) is 0 Å². The van der Waals surface area contributed by atoms with E-state index in [9.17, 15) is 17.6 Å². The third-order valence-corrected chi connectivity index (χ3v) is 7.70. The Bertz CT molecular complexity index is 923. The van der Waals surface area contributed by atoms with Crippen LogP contribution in [0.15, 0.2) is 58.3 Å². The maximum absolute atomic E-state index is 13.1. The van der Waals surface area contributed by atoms with E-state index < -0.39 is 15.8 Å². The first kappa shape index (κ1) is 20.8. The van der Waals surface area contributed by atoms with E-state index in [4.69, 9.17) is 0 Å². The number of amides is 1. The molecule has 0 aromatic heterocycles. The zero-order chi connectivity index (χ0) is 20.3. The van der Waals surface area contributed by atoms with Gasteiger partial charge in [-0.2, -0.15) is 4.31 Å². The molecule has 1 saturated heterocycles. The smallest absolute Gasteiger partial charge is 0.243 e. The van der Waals surface area contributed by atoms with Crippen LogP contribution >= 0.6 is 11.8 Å². The predicted octanol–water partition coefficient (Wildman–Crippen LogP) is 3.15. The van der Waals surface area contributed by atoms with E-state index in [0.717, 1.165) is 17.0 Å². The van der Waals surface area contributed by atoms with Gasteiger partial charge in [0, 0.05) is 31.1 Å². The van der Waals surface area contributed by atoms with Crippen molar-refractivity contribution in [2.45, 2.75) is 28.9 Å². The van der Waals surface area contributed by atoms with Gasteiger partial charge in [0.2, 0.25) is 15.9 Å². The van der Waals surface area contributed by atoms with Crippen molar-refractivity contribution in [1.82, 2.24) is 9.21 Å². The Kier molecular flexibility index (Phi) is 6.42. The van der Waals surface area contributed by atoms with E-state index in [1.165, 1.54) is 33.8 Å². The summed E-state index contributed by atoms with van der Waals surface area (Å²) in [6, 6.07) is 12.8. The Hall–Kier alpha value is -1.90. The van der Waals surface area contributed by atoms with E-state index in [2.05, 4.69) is 0 Å². The molecular formula is C20H23FN2O3S2. The van der Waals surface area contributed by atoms with Gasteiger partial charge in [-0.15, -0.1) is 11.8 Å². The second-order valence-corrected chi connectivity index (χ2v) is 10.1. The number of nitrogens with zero attached hydrogens (tertiary/aromatic N) is 2. The first-order valence-corrected chi connectivity index (χ1v) is 11.4. The fraction of sp³-hybridized carbons (Fsp3) is 0.350. The van der Waals surface area contributed by atoms with E-state index in [0.29, 0.717) is 13.1 Å². The van der Waals surface area contributed by atoms with Gasteiger partial charge in [0.05, 0.1) is 10.1 Å². The Morgan fingerprint density at radius 1 is 1.00 bits per heavy atom. The zero-order valence-electron chi connectivity index (χ0n) is 15.8. The molecule has 1 amide bonds. The van der Waals surface area contributed by atoms with Crippen LogP contribution in [-0.4, -0.2) is 55.0 Å². The molecule has 8 heteroatoms. The molecule has 0 radical (unpaired) electrons. The first-order chi connectivity index (χ1) is 13.3. The van der Waals surface area contributed by atoms with Crippen molar-refractivity contribution >= 4 is 27.7 Å². The topological polar surface area (TPSA) is 57.7 Å². The van der Waals surface area contributed by atoms with Crippen LogP contribution in [0.3, 0.4) is 0 Å². The molecule has 1 aliphatic heterocycles. The Morgan fingerprint density at radius 2 is 1.57 bits per heavy atom. The van der Waals surface area contributed by atoms with Crippen molar-refractivity contribution in [1.29, 1.82) is 0 Å². The lowest BCUT2D eigenvalue weighted by molar-refractivity contribution is -0.131. The molecule has 0 saturated carbocycles. The van der Waals surface area contributed by atoms with Crippen LogP contribution in [0.1, 0.15) is 12.5 Å². The zero-order valence-corrected chi connectivity index (χ0v) is 17.5. The average Bonchev–Trinajstić information content (AvgIpc) is 2.69. The summed E-state index contributed by atoms with van der Waals surface area (Å²) >= 11 is 1.50. The van der Waals surface area contributed by atoms with E-state index in [1.807, 2.05) is 38.1 Å². The van der Waals surface area contributed by atoms with Crippen molar-refractivity contribution in [3.63, 3.8) is 0 Å². The van der Waals surface area contributed by atoms with Crippen LogP contribution in [0.2, 0.25) is 0 Å². The summed E-state index contributed by atoms with van der Waals surface area (Å²) < 4.78 is 39.8. The Balaban J connectivity index is 1.58. The van der Waals surface area contributed by atoms with E-state index in [1.54, 1.807) is 4.90 Å². The molecule has 1 atom stereocenters. The van der Waals surface area contributed by atoms with Crippen LogP contribution in [0.25, 0.3) is 0 Å². The highest BCUT2D eigenvalue weighted by atomic mass is 32.2. The van der Waals surface area contributed by atoms with Crippen LogP contribution in [0.4, 0.5) is 4.39 Å². The van der Waals surface area contributed by atoms with Crippen molar-refractivity contribution in [2.75, 3.05) is 26.2 Å². The summed E-state index contributed by atoms with van der Waals surface area (Å²) in [5.74, 6) is -0.473. The molecule has 3 rings (SSSR count). The normalized spacial score (nSPS) is 16.8. The number of hydrogen-bond donors (Lipinski definition) is 0. The fourth-order valence-corrected chi connectivity index (χ4v) is 5.41. The Morgan fingerprint density at radius 3 is 2.14 bits per heavy atom. The number of piperazine rings is 1. The number of carbonyl (C=O) groups is 1. The minimum Gasteiger partial charge on any atom is -0.339 e. The number of aryl methyl sites for hydroxylation is 1. The number of sulfonamides is 1. The third-order valence-electron chi connectivity index (χ3n) is 4.68. The molecule has 2 aromatic carbocycles. The van der Waals surface area contributed by atoms with Gasteiger partial charge in [0.25, 0.3) is 0 Å². The molecular weight excluding hydrogens is 399 g/mol. The van der Waals surface area contributed by atoms with Gasteiger partial charge < -0.3 is 4.90 Å². The second kappa shape index (κ2) is 8.63. The van der Waals surface area contributed by atoms with Crippen LogP contribution < -0.4 is 0 Å². The SMILES string of the molecule is Cc1ccc(S[C@H](C)C(=O)N2CCN(S(=O)(=O)c3ccc(F)cc3)CC2)cc1. The maximum Gasteiger partial charge on any atom is 0.243 e. The molecule has 0 bridgehead atoms. The minimum atomic E-state index is -3.68. The molecule has 1 heterocycles. The molecule has 5 nitrogen and oxygen atoms in total. The molecule has 0 N–H and O–H groups in total. The van der Waals surface area contributed by atoms with Crippen molar-refractivity contribution in [3.05, 3.63) is 59.9 Å². The van der Waals surface area contributed by atoms with Gasteiger partial charge in [-0.1, -0.05) is 17.7 Å². The number of hydrogen-bond acceptors (Lipinski definition) is 4. The fourth-order valence-electron chi connectivity index (χ4n) is 3.03. The highest BCUT2D eigenvalue weighted by molar-refractivity contribution is 8.00. The standard InChI is InChI=1S/C20H23FN2O3S2/c1-15-3-7-18(8-4-15)27-16(2)20(24)22-11-13-23(14-12-22)28(25,26)19-9-5-17(21)6-10-19/h3-10,16H,11-14H2,1-2H3/t16-/m1/s1. The molecule has 1 aliphatic rings. The average molecular weight is 423 g/mol. The quantitative estimate of drug-likeness (QED) is 0.695. The molecule has 0 aliphatic carbocycles. The lowest BCUT2D eigenvalue weighted by Gasteiger charge is -2.35. The molecule has 2 aromatic rings. The minimum absolute atomic E-state index is 0.00408.